The Morgan fingerprint density at radius 3 is 2.83 bits per heavy atom. The summed E-state index contributed by atoms with van der Waals surface area (Å²) < 4.78 is 37.7. The molecular weight excluding hydrogens is 402 g/mol. The summed E-state index contributed by atoms with van der Waals surface area (Å²) >= 11 is 6.35. The van der Waals surface area contributed by atoms with E-state index in [9.17, 15) is 8.78 Å². The third-order valence-corrected chi connectivity index (χ3v) is 5.08. The van der Waals surface area contributed by atoms with Gasteiger partial charge in [0.2, 0.25) is 5.95 Å². The second kappa shape index (κ2) is 8.24. The number of alkyl halides is 2. The molecule has 1 N–H and O–H groups in total. The highest BCUT2D eigenvalue weighted by Crippen LogP contribution is 2.41. The average Bonchev–Trinajstić information content (AvgIpc) is 3.18. The van der Waals surface area contributed by atoms with E-state index in [1.165, 1.54) is 12.4 Å². The number of ether oxygens (including phenoxy) is 2. The molecule has 1 aromatic heterocycles. The van der Waals surface area contributed by atoms with Crippen molar-refractivity contribution in [3.05, 3.63) is 64.9 Å². The van der Waals surface area contributed by atoms with E-state index < -0.39 is 6.61 Å². The minimum absolute atomic E-state index is 0.124. The van der Waals surface area contributed by atoms with Crippen LogP contribution in [0.5, 0.6) is 11.5 Å². The number of para-hydroxylation sites is 1. The third-order valence-electron chi connectivity index (χ3n) is 4.78. The van der Waals surface area contributed by atoms with Gasteiger partial charge in [-0.25, -0.2) is 4.68 Å². The SMILES string of the molecule is CCOc1ccc([C@H]2C[C@@H](c3ccccc3OC(F)F)n3ncnc3N2)cc1Cl. The maximum Gasteiger partial charge on any atom is 0.387 e. The Balaban J connectivity index is 1.70. The maximum absolute atomic E-state index is 12.9. The summed E-state index contributed by atoms with van der Waals surface area (Å²) in [4.78, 5) is 4.26. The number of nitrogens with zero attached hydrogens (tertiary/aromatic N) is 3. The molecule has 2 aromatic carbocycles. The van der Waals surface area contributed by atoms with Crippen molar-refractivity contribution in [1.29, 1.82) is 0 Å². The van der Waals surface area contributed by atoms with Gasteiger partial charge in [0.15, 0.2) is 0 Å². The van der Waals surface area contributed by atoms with Crippen LogP contribution in [-0.2, 0) is 0 Å². The molecule has 1 aliphatic heterocycles. The fourth-order valence-electron chi connectivity index (χ4n) is 3.56. The lowest BCUT2D eigenvalue weighted by Crippen LogP contribution is -2.28. The van der Waals surface area contributed by atoms with Crippen molar-refractivity contribution < 1.29 is 18.3 Å². The van der Waals surface area contributed by atoms with Gasteiger partial charge in [-0.3, -0.25) is 0 Å². The van der Waals surface area contributed by atoms with Gasteiger partial charge in [-0.05, 0) is 37.1 Å². The molecule has 29 heavy (non-hydrogen) atoms. The second-order valence-electron chi connectivity index (χ2n) is 6.52. The van der Waals surface area contributed by atoms with E-state index in [4.69, 9.17) is 21.1 Å². The van der Waals surface area contributed by atoms with E-state index >= 15 is 0 Å². The van der Waals surface area contributed by atoms with E-state index in [1.807, 2.05) is 25.1 Å². The quantitative estimate of drug-likeness (QED) is 0.602. The summed E-state index contributed by atoms with van der Waals surface area (Å²) in [5.41, 5.74) is 1.55. The molecule has 3 aromatic rings. The van der Waals surface area contributed by atoms with E-state index in [2.05, 4.69) is 15.4 Å². The summed E-state index contributed by atoms with van der Waals surface area (Å²) in [5.74, 6) is 1.28. The molecule has 2 heterocycles. The molecule has 2 atom stereocenters. The number of halogens is 3. The van der Waals surface area contributed by atoms with Crippen LogP contribution in [0.2, 0.25) is 5.02 Å². The highest BCUT2D eigenvalue weighted by Gasteiger charge is 2.32. The van der Waals surface area contributed by atoms with Crippen molar-refractivity contribution in [2.75, 3.05) is 11.9 Å². The largest absolute Gasteiger partial charge is 0.492 e. The summed E-state index contributed by atoms with van der Waals surface area (Å²) in [7, 11) is 0. The summed E-state index contributed by atoms with van der Waals surface area (Å²) in [6.45, 7) is -0.496. The molecule has 1 aliphatic rings. The van der Waals surface area contributed by atoms with Crippen LogP contribution in [-0.4, -0.2) is 28.0 Å². The molecule has 4 rings (SSSR count). The van der Waals surface area contributed by atoms with E-state index in [0.29, 0.717) is 35.3 Å². The Bertz CT molecular complexity index is 998. The maximum atomic E-state index is 12.9. The van der Waals surface area contributed by atoms with Gasteiger partial charge in [0.05, 0.1) is 23.7 Å². The van der Waals surface area contributed by atoms with Crippen LogP contribution in [0.4, 0.5) is 14.7 Å². The molecule has 0 amide bonds. The normalized spacial score (nSPS) is 18.2. The van der Waals surface area contributed by atoms with Gasteiger partial charge >= 0.3 is 6.61 Å². The van der Waals surface area contributed by atoms with E-state index in [1.54, 1.807) is 22.9 Å². The van der Waals surface area contributed by atoms with E-state index in [0.717, 1.165) is 5.56 Å². The second-order valence-corrected chi connectivity index (χ2v) is 6.92. The van der Waals surface area contributed by atoms with Crippen molar-refractivity contribution in [2.24, 2.45) is 0 Å². The van der Waals surface area contributed by atoms with Gasteiger partial charge in [0.1, 0.15) is 17.8 Å². The number of hydrogen-bond donors (Lipinski definition) is 1. The number of fused-ring (bicyclic) bond motifs is 1. The van der Waals surface area contributed by atoms with Crippen LogP contribution < -0.4 is 14.8 Å². The molecule has 0 saturated carbocycles. The first kappa shape index (κ1) is 19.4. The molecule has 0 spiro atoms. The molecule has 0 saturated heterocycles. The van der Waals surface area contributed by atoms with Crippen molar-refractivity contribution in [2.45, 2.75) is 32.0 Å². The van der Waals surface area contributed by atoms with Gasteiger partial charge in [-0.15, -0.1) is 0 Å². The molecule has 6 nitrogen and oxygen atoms in total. The zero-order valence-corrected chi connectivity index (χ0v) is 16.3. The Morgan fingerprint density at radius 1 is 1.24 bits per heavy atom. The highest BCUT2D eigenvalue weighted by atomic mass is 35.5. The number of anilines is 1. The van der Waals surface area contributed by atoms with Crippen molar-refractivity contribution >= 4 is 17.5 Å². The van der Waals surface area contributed by atoms with E-state index in [-0.39, 0.29) is 17.8 Å². The third kappa shape index (κ3) is 3.98. The molecule has 152 valence electrons. The lowest BCUT2D eigenvalue weighted by atomic mass is 9.93. The minimum Gasteiger partial charge on any atom is -0.492 e. The van der Waals surface area contributed by atoms with Gasteiger partial charge in [0.25, 0.3) is 0 Å². The van der Waals surface area contributed by atoms with Crippen molar-refractivity contribution in [3.63, 3.8) is 0 Å². The first-order valence-electron chi connectivity index (χ1n) is 9.18. The summed E-state index contributed by atoms with van der Waals surface area (Å²) in [6.07, 6.45) is 1.98. The van der Waals surface area contributed by atoms with Crippen LogP contribution in [0.25, 0.3) is 0 Å². The van der Waals surface area contributed by atoms with Crippen molar-refractivity contribution in [3.8, 4) is 11.5 Å². The van der Waals surface area contributed by atoms with Crippen LogP contribution in [0.1, 0.15) is 36.6 Å². The fourth-order valence-corrected chi connectivity index (χ4v) is 3.81. The highest BCUT2D eigenvalue weighted by molar-refractivity contribution is 6.32. The Morgan fingerprint density at radius 2 is 2.07 bits per heavy atom. The van der Waals surface area contributed by atoms with Crippen LogP contribution >= 0.6 is 11.6 Å². The summed E-state index contributed by atoms with van der Waals surface area (Å²) in [6, 6.07) is 11.9. The Labute approximate surface area is 171 Å². The van der Waals surface area contributed by atoms with Crippen LogP contribution in [0.3, 0.4) is 0 Å². The standard InChI is InChI=1S/C20H19ClF2N4O2/c1-2-28-18-8-7-12(9-14(18)21)15-10-16(27-20(26-15)24-11-25-27)13-5-3-4-6-17(13)29-19(22)23/h3-9,11,15-16,19H,2,10H2,1H3,(H,24,25,26)/t15-,16+/m1/s1. The van der Waals surface area contributed by atoms with Gasteiger partial charge in [-0.2, -0.15) is 18.9 Å². The predicted octanol–water partition coefficient (Wildman–Crippen LogP) is 5.08. The van der Waals surface area contributed by atoms with Crippen LogP contribution in [0.15, 0.2) is 48.8 Å². The average molecular weight is 421 g/mol. The zero-order chi connectivity index (χ0) is 20.4. The number of aromatic nitrogens is 3. The van der Waals surface area contributed by atoms with Gasteiger partial charge < -0.3 is 14.8 Å². The molecule has 0 aliphatic carbocycles. The topological polar surface area (TPSA) is 61.2 Å². The number of benzene rings is 2. The monoisotopic (exact) mass is 420 g/mol. The number of nitrogens with one attached hydrogen (secondary N) is 1. The number of hydrogen-bond acceptors (Lipinski definition) is 5. The fraction of sp³-hybridized carbons (Fsp3) is 0.300. The molecule has 9 heteroatoms. The molecular formula is C20H19ClF2N4O2. The molecule has 0 unspecified atom stereocenters. The minimum atomic E-state index is -2.91. The Hall–Kier alpha value is -2.87. The first-order chi connectivity index (χ1) is 14.1. The Kier molecular flexibility index (Phi) is 5.53. The zero-order valence-electron chi connectivity index (χ0n) is 15.6. The smallest absolute Gasteiger partial charge is 0.387 e. The lowest BCUT2D eigenvalue weighted by molar-refractivity contribution is -0.0507. The predicted molar refractivity (Wildman–Crippen MR) is 105 cm³/mol. The lowest BCUT2D eigenvalue weighted by Gasteiger charge is -2.32. The number of rotatable bonds is 6. The summed E-state index contributed by atoms with van der Waals surface area (Å²) in [5, 5.41) is 8.12. The van der Waals surface area contributed by atoms with Gasteiger partial charge in [-0.1, -0.05) is 35.9 Å². The molecule has 0 bridgehead atoms. The van der Waals surface area contributed by atoms with Crippen LogP contribution in [0, 0.1) is 0 Å². The van der Waals surface area contributed by atoms with Gasteiger partial charge in [0, 0.05) is 5.56 Å². The van der Waals surface area contributed by atoms with Crippen molar-refractivity contribution in [1.82, 2.24) is 14.8 Å². The molecule has 0 fully saturated rings. The molecule has 0 radical (unpaired) electrons. The first-order valence-corrected chi connectivity index (χ1v) is 9.56.